The molecular formula is C19H20FN5S. The van der Waals surface area contributed by atoms with Gasteiger partial charge in [0.25, 0.3) is 0 Å². The van der Waals surface area contributed by atoms with E-state index in [-0.39, 0.29) is 0 Å². The van der Waals surface area contributed by atoms with Gasteiger partial charge in [-0.05, 0) is 37.8 Å². The van der Waals surface area contributed by atoms with Crippen LogP contribution >= 0.6 is 11.3 Å². The zero-order valence-electron chi connectivity index (χ0n) is 14.8. The van der Waals surface area contributed by atoms with Gasteiger partial charge in [0.2, 0.25) is 5.78 Å². The highest BCUT2D eigenvalue weighted by atomic mass is 32.1. The second kappa shape index (κ2) is 6.99. The highest BCUT2D eigenvalue weighted by Gasteiger charge is 2.12. The van der Waals surface area contributed by atoms with Crippen LogP contribution in [0.15, 0.2) is 36.0 Å². The third-order valence-corrected chi connectivity index (χ3v) is 5.27. The Balaban J connectivity index is 1.58. The van der Waals surface area contributed by atoms with E-state index in [1.54, 1.807) is 11.3 Å². The monoisotopic (exact) mass is 369 g/mol. The molecule has 134 valence electrons. The van der Waals surface area contributed by atoms with Crippen molar-refractivity contribution in [1.82, 2.24) is 23.9 Å². The summed E-state index contributed by atoms with van der Waals surface area (Å²) < 4.78 is 16.8. The Morgan fingerprint density at radius 1 is 1.12 bits per heavy atom. The van der Waals surface area contributed by atoms with E-state index in [1.165, 1.54) is 0 Å². The van der Waals surface area contributed by atoms with Gasteiger partial charge in [0.1, 0.15) is 12.5 Å². The van der Waals surface area contributed by atoms with Crippen molar-refractivity contribution in [2.45, 2.75) is 33.2 Å². The molecule has 7 heteroatoms. The first-order chi connectivity index (χ1) is 12.6. The average molecular weight is 369 g/mol. The highest BCUT2D eigenvalue weighted by molar-refractivity contribution is 7.13. The van der Waals surface area contributed by atoms with Gasteiger partial charge >= 0.3 is 0 Å². The van der Waals surface area contributed by atoms with Crippen molar-refractivity contribution in [2.75, 3.05) is 6.67 Å². The molecule has 0 saturated carbocycles. The molecule has 0 aliphatic heterocycles. The standard InChI is InChI=1S/C19H20FN5S/c1-13-10-14(2)25-11-15(22-19(25)21-13)5-6-18-23-16(12-24(18)8-7-20)17-4-3-9-26-17/h3-4,9-12H,5-8H2,1-2H3. The minimum Gasteiger partial charge on any atom is -0.332 e. The van der Waals surface area contributed by atoms with Crippen LogP contribution in [0.5, 0.6) is 0 Å². The minimum absolute atomic E-state index is 0.332. The SMILES string of the molecule is Cc1cc(C)n2cc(CCc3nc(-c4cccs4)cn3CCF)nc2n1. The summed E-state index contributed by atoms with van der Waals surface area (Å²) >= 11 is 1.64. The van der Waals surface area contributed by atoms with Crippen LogP contribution < -0.4 is 0 Å². The van der Waals surface area contributed by atoms with Gasteiger partial charge in [-0.3, -0.25) is 4.40 Å². The maximum absolute atomic E-state index is 12.9. The smallest absolute Gasteiger partial charge is 0.234 e. The van der Waals surface area contributed by atoms with Crippen LogP contribution in [0.25, 0.3) is 16.3 Å². The van der Waals surface area contributed by atoms with Gasteiger partial charge in [0.05, 0.1) is 22.8 Å². The van der Waals surface area contributed by atoms with E-state index < -0.39 is 6.67 Å². The molecule has 0 N–H and O–H groups in total. The lowest BCUT2D eigenvalue weighted by Crippen LogP contribution is -2.06. The summed E-state index contributed by atoms with van der Waals surface area (Å²) in [5, 5.41) is 2.02. The molecule has 0 spiro atoms. The lowest BCUT2D eigenvalue weighted by molar-refractivity contribution is 0.439. The Labute approximate surface area is 155 Å². The van der Waals surface area contributed by atoms with Crippen molar-refractivity contribution in [3.8, 4) is 10.6 Å². The molecule has 0 amide bonds. The van der Waals surface area contributed by atoms with Gasteiger partial charge in [0, 0.05) is 30.2 Å². The molecule has 4 aromatic heterocycles. The molecule has 0 unspecified atom stereocenters. The number of aryl methyl sites for hydroxylation is 5. The molecule has 0 aromatic carbocycles. The molecular weight excluding hydrogens is 349 g/mol. The zero-order chi connectivity index (χ0) is 18.1. The van der Waals surface area contributed by atoms with Gasteiger partial charge in [-0.15, -0.1) is 11.3 Å². The Kier molecular flexibility index (Phi) is 4.55. The molecule has 0 saturated heterocycles. The fourth-order valence-corrected chi connectivity index (χ4v) is 3.84. The Hall–Kier alpha value is -2.54. The molecule has 4 aromatic rings. The van der Waals surface area contributed by atoms with Crippen molar-refractivity contribution in [3.63, 3.8) is 0 Å². The first-order valence-electron chi connectivity index (χ1n) is 8.62. The quantitative estimate of drug-likeness (QED) is 0.516. The van der Waals surface area contributed by atoms with Gasteiger partial charge in [0.15, 0.2) is 0 Å². The number of halogens is 1. The molecule has 0 bridgehead atoms. The van der Waals surface area contributed by atoms with Crippen molar-refractivity contribution in [1.29, 1.82) is 0 Å². The summed E-state index contributed by atoms with van der Waals surface area (Å²) in [6.45, 7) is 3.96. The maximum Gasteiger partial charge on any atom is 0.234 e. The molecule has 0 aliphatic rings. The van der Waals surface area contributed by atoms with E-state index >= 15 is 0 Å². The van der Waals surface area contributed by atoms with Crippen LogP contribution in [0.1, 0.15) is 22.9 Å². The summed E-state index contributed by atoms with van der Waals surface area (Å²) in [6.07, 6.45) is 5.43. The molecule has 0 radical (unpaired) electrons. The van der Waals surface area contributed by atoms with Gasteiger partial charge in [-0.1, -0.05) is 6.07 Å². The fourth-order valence-electron chi connectivity index (χ4n) is 3.16. The second-order valence-corrected chi connectivity index (χ2v) is 7.29. The Morgan fingerprint density at radius 2 is 2.00 bits per heavy atom. The predicted octanol–water partition coefficient (Wildman–Crippen LogP) is 4.03. The summed E-state index contributed by atoms with van der Waals surface area (Å²) in [6, 6.07) is 6.08. The van der Waals surface area contributed by atoms with Gasteiger partial charge in [-0.2, -0.15) is 0 Å². The largest absolute Gasteiger partial charge is 0.332 e. The number of nitrogens with zero attached hydrogens (tertiary/aromatic N) is 5. The van der Waals surface area contributed by atoms with Crippen molar-refractivity contribution >= 4 is 17.1 Å². The van der Waals surface area contributed by atoms with Crippen LogP contribution in [0, 0.1) is 13.8 Å². The first kappa shape index (κ1) is 16.9. The highest BCUT2D eigenvalue weighted by Crippen LogP contribution is 2.24. The van der Waals surface area contributed by atoms with E-state index in [1.807, 2.05) is 51.9 Å². The number of alkyl halides is 1. The Bertz CT molecular complexity index is 1030. The third-order valence-electron chi connectivity index (χ3n) is 4.37. The maximum atomic E-state index is 12.9. The average Bonchev–Trinajstić information content (AvgIpc) is 3.32. The lowest BCUT2D eigenvalue weighted by Gasteiger charge is -2.03. The van der Waals surface area contributed by atoms with Crippen LogP contribution in [0.4, 0.5) is 4.39 Å². The molecule has 5 nitrogen and oxygen atoms in total. The minimum atomic E-state index is -0.399. The molecule has 4 heterocycles. The number of hydrogen-bond acceptors (Lipinski definition) is 4. The van der Waals surface area contributed by atoms with E-state index in [4.69, 9.17) is 4.98 Å². The number of thiophene rings is 1. The predicted molar refractivity (Wildman–Crippen MR) is 101 cm³/mol. The molecule has 0 aliphatic carbocycles. The van der Waals surface area contributed by atoms with Gasteiger partial charge in [-0.25, -0.2) is 19.3 Å². The van der Waals surface area contributed by atoms with Crippen LogP contribution in [0.3, 0.4) is 0 Å². The van der Waals surface area contributed by atoms with Crippen LogP contribution in [0.2, 0.25) is 0 Å². The summed E-state index contributed by atoms with van der Waals surface area (Å²) in [7, 11) is 0. The van der Waals surface area contributed by atoms with Crippen molar-refractivity contribution in [3.05, 3.63) is 58.9 Å². The number of rotatable bonds is 6. The lowest BCUT2D eigenvalue weighted by atomic mass is 10.2. The number of imidazole rings is 2. The summed E-state index contributed by atoms with van der Waals surface area (Å²) in [4.78, 5) is 14.9. The first-order valence-corrected chi connectivity index (χ1v) is 9.50. The van der Waals surface area contributed by atoms with Gasteiger partial charge < -0.3 is 4.57 Å². The molecule has 0 fully saturated rings. The van der Waals surface area contributed by atoms with E-state index in [0.717, 1.165) is 45.7 Å². The van der Waals surface area contributed by atoms with Crippen LogP contribution in [-0.4, -0.2) is 30.6 Å². The zero-order valence-corrected chi connectivity index (χ0v) is 15.6. The number of aromatic nitrogens is 5. The van der Waals surface area contributed by atoms with E-state index in [9.17, 15) is 4.39 Å². The number of fused-ring (bicyclic) bond motifs is 1. The van der Waals surface area contributed by atoms with E-state index in [2.05, 4.69) is 16.9 Å². The summed E-state index contributed by atoms with van der Waals surface area (Å²) in [5.41, 5.74) is 3.96. The van der Waals surface area contributed by atoms with Crippen molar-refractivity contribution < 1.29 is 4.39 Å². The molecule has 26 heavy (non-hydrogen) atoms. The topological polar surface area (TPSA) is 48.0 Å². The van der Waals surface area contributed by atoms with E-state index in [0.29, 0.717) is 13.0 Å². The van der Waals surface area contributed by atoms with Crippen LogP contribution in [-0.2, 0) is 19.4 Å². The fraction of sp³-hybridized carbons (Fsp3) is 0.316. The normalized spacial score (nSPS) is 11.5. The third kappa shape index (κ3) is 3.26. The molecule has 4 rings (SSSR count). The number of hydrogen-bond donors (Lipinski definition) is 0. The Morgan fingerprint density at radius 3 is 2.77 bits per heavy atom. The summed E-state index contributed by atoms with van der Waals surface area (Å²) in [5.74, 6) is 1.62. The molecule has 0 atom stereocenters. The second-order valence-electron chi connectivity index (χ2n) is 6.34. The van der Waals surface area contributed by atoms with Crippen molar-refractivity contribution in [2.24, 2.45) is 0 Å².